The number of hydrogen-bond donors (Lipinski definition) is 1. The van der Waals surface area contributed by atoms with Crippen molar-refractivity contribution in [3.63, 3.8) is 0 Å². The summed E-state index contributed by atoms with van der Waals surface area (Å²) in [6.45, 7) is 9.56. The Labute approximate surface area is 120 Å². The lowest BCUT2D eigenvalue weighted by atomic mass is 10.1. The van der Waals surface area contributed by atoms with Gasteiger partial charge in [-0.2, -0.15) is 8.42 Å². The number of rotatable bonds is 5. The molecule has 5 nitrogen and oxygen atoms in total. The molecule has 0 heterocycles. The average molecular weight is 299 g/mol. The van der Waals surface area contributed by atoms with Crippen LogP contribution in [0.25, 0.3) is 0 Å². The minimum absolute atomic E-state index is 0.0269. The molecule has 0 unspecified atom stereocenters. The molecule has 1 rings (SSSR count). The Morgan fingerprint density at radius 2 is 2.00 bits per heavy atom. The molecule has 1 aromatic rings. The van der Waals surface area contributed by atoms with Crippen molar-refractivity contribution in [2.75, 3.05) is 12.8 Å². The summed E-state index contributed by atoms with van der Waals surface area (Å²) < 4.78 is 27.1. The van der Waals surface area contributed by atoms with Gasteiger partial charge >= 0.3 is 10.1 Å². The lowest BCUT2D eigenvalue weighted by Gasteiger charge is -2.10. The summed E-state index contributed by atoms with van der Waals surface area (Å²) in [5, 5.41) is 2.56. The minimum atomic E-state index is -3.67. The topological polar surface area (TPSA) is 72.5 Å². The van der Waals surface area contributed by atoms with E-state index >= 15 is 0 Å². The monoisotopic (exact) mass is 299 g/mol. The van der Waals surface area contributed by atoms with Crippen molar-refractivity contribution in [3.8, 4) is 5.75 Å². The van der Waals surface area contributed by atoms with Crippen molar-refractivity contribution in [1.82, 2.24) is 5.32 Å². The maximum atomic E-state index is 11.8. The van der Waals surface area contributed by atoms with Crippen LogP contribution < -0.4 is 9.50 Å². The number of aryl methyl sites for hydroxylation is 1. The first-order chi connectivity index (χ1) is 9.33. The summed E-state index contributed by atoms with van der Waals surface area (Å²) in [6.07, 6.45) is 2.46. The summed E-state index contributed by atoms with van der Waals surface area (Å²) >= 11 is 0. The zero-order valence-corrected chi connectivity index (χ0v) is 13.1. The quantitative estimate of drug-likeness (QED) is 0.668. The highest BCUT2D eigenvalue weighted by Gasteiger charge is 2.15. The van der Waals surface area contributed by atoms with Crippen LogP contribution in [0.3, 0.4) is 0 Å². The zero-order valence-electron chi connectivity index (χ0n) is 12.3. The first kappa shape index (κ1) is 18.2. The van der Waals surface area contributed by atoms with E-state index in [-0.39, 0.29) is 11.3 Å². The van der Waals surface area contributed by atoms with E-state index in [4.69, 9.17) is 4.18 Å². The van der Waals surface area contributed by atoms with Gasteiger partial charge in [-0.15, -0.1) is 6.58 Å². The maximum absolute atomic E-state index is 11.8. The molecular formula is C14H21NO4S. The van der Waals surface area contributed by atoms with E-state index in [1.165, 1.54) is 18.2 Å². The molecule has 0 fully saturated rings. The van der Waals surface area contributed by atoms with Crippen molar-refractivity contribution < 1.29 is 17.4 Å². The predicted molar refractivity (Wildman–Crippen MR) is 80.5 cm³/mol. The Morgan fingerprint density at radius 1 is 1.40 bits per heavy atom. The summed E-state index contributed by atoms with van der Waals surface area (Å²) in [6, 6.07) is 4.73. The summed E-state index contributed by atoms with van der Waals surface area (Å²) in [4.78, 5) is 11.8. The maximum Gasteiger partial charge on any atom is 0.306 e. The SMILES string of the molecule is C=CCNC(=O)c1ccc(C)cc1OS(C)(=O)=O.CC. The largest absolute Gasteiger partial charge is 0.382 e. The van der Waals surface area contributed by atoms with Gasteiger partial charge in [0.25, 0.3) is 5.91 Å². The minimum Gasteiger partial charge on any atom is -0.382 e. The van der Waals surface area contributed by atoms with Crippen LogP contribution in [0, 0.1) is 6.92 Å². The third-order valence-corrected chi connectivity index (χ3v) is 2.51. The van der Waals surface area contributed by atoms with E-state index in [1.54, 1.807) is 13.0 Å². The van der Waals surface area contributed by atoms with Gasteiger partial charge in [0, 0.05) is 6.54 Å². The Balaban J connectivity index is 0.00000172. The van der Waals surface area contributed by atoms with Gasteiger partial charge in [-0.1, -0.05) is 26.0 Å². The molecule has 0 aliphatic rings. The number of hydrogen-bond acceptors (Lipinski definition) is 4. The van der Waals surface area contributed by atoms with Gasteiger partial charge < -0.3 is 9.50 Å². The fourth-order valence-electron chi connectivity index (χ4n) is 1.31. The lowest BCUT2D eigenvalue weighted by Crippen LogP contribution is -2.24. The first-order valence-corrected chi connectivity index (χ1v) is 8.04. The van der Waals surface area contributed by atoms with Gasteiger partial charge in [-0.05, 0) is 24.6 Å². The molecule has 0 atom stereocenters. The van der Waals surface area contributed by atoms with Crippen LogP contribution in [0.15, 0.2) is 30.9 Å². The van der Waals surface area contributed by atoms with Crippen LogP contribution in [0.5, 0.6) is 5.75 Å². The summed E-state index contributed by atoms with van der Waals surface area (Å²) in [5.74, 6) is -0.382. The second-order valence-electron chi connectivity index (χ2n) is 3.79. The van der Waals surface area contributed by atoms with Gasteiger partial charge in [0.1, 0.15) is 0 Å². The third kappa shape index (κ3) is 6.38. The fraction of sp³-hybridized carbons (Fsp3) is 0.357. The Morgan fingerprint density at radius 3 is 2.50 bits per heavy atom. The van der Waals surface area contributed by atoms with Crippen LogP contribution in [0.4, 0.5) is 0 Å². The zero-order chi connectivity index (χ0) is 15.8. The normalized spacial score (nSPS) is 10.0. The molecule has 0 saturated carbocycles. The summed E-state index contributed by atoms with van der Waals surface area (Å²) in [7, 11) is -3.67. The molecule has 112 valence electrons. The molecule has 0 saturated heterocycles. The first-order valence-electron chi connectivity index (χ1n) is 6.22. The molecule has 0 aliphatic carbocycles. The van der Waals surface area contributed by atoms with Crippen molar-refractivity contribution in [2.24, 2.45) is 0 Å². The van der Waals surface area contributed by atoms with Gasteiger partial charge in [0.15, 0.2) is 5.75 Å². The molecule has 20 heavy (non-hydrogen) atoms. The molecule has 1 amide bonds. The second kappa shape index (κ2) is 8.37. The standard InChI is InChI=1S/C12H15NO4S.C2H6/c1-4-7-13-12(14)10-6-5-9(2)8-11(10)17-18(3,15)16;1-2/h4-6,8H,1,7H2,2-3H3,(H,13,14);1-2H3. The Bertz CT molecular complexity index is 565. The second-order valence-corrected chi connectivity index (χ2v) is 5.36. The van der Waals surface area contributed by atoms with E-state index in [9.17, 15) is 13.2 Å². The number of carbonyl (C=O) groups is 1. The average Bonchev–Trinajstić information content (AvgIpc) is 2.36. The Kier molecular flexibility index (Phi) is 7.61. The number of carbonyl (C=O) groups excluding carboxylic acids is 1. The van der Waals surface area contributed by atoms with Crippen molar-refractivity contribution >= 4 is 16.0 Å². The number of nitrogens with one attached hydrogen (secondary N) is 1. The molecular weight excluding hydrogens is 278 g/mol. The molecule has 0 aliphatic heterocycles. The van der Waals surface area contributed by atoms with Crippen LogP contribution in [0.1, 0.15) is 29.8 Å². The van der Waals surface area contributed by atoms with E-state index in [2.05, 4.69) is 11.9 Å². The molecule has 6 heteroatoms. The van der Waals surface area contributed by atoms with Crippen molar-refractivity contribution in [2.45, 2.75) is 20.8 Å². The molecule has 0 bridgehead atoms. The smallest absolute Gasteiger partial charge is 0.306 e. The van der Waals surface area contributed by atoms with Gasteiger partial charge in [0.2, 0.25) is 0 Å². The van der Waals surface area contributed by atoms with E-state index < -0.39 is 16.0 Å². The van der Waals surface area contributed by atoms with Crippen LogP contribution in [-0.2, 0) is 10.1 Å². The molecule has 0 spiro atoms. The van der Waals surface area contributed by atoms with E-state index in [1.807, 2.05) is 13.8 Å². The van der Waals surface area contributed by atoms with Crippen LogP contribution in [-0.4, -0.2) is 27.1 Å². The number of amides is 1. The van der Waals surface area contributed by atoms with Crippen LogP contribution in [0.2, 0.25) is 0 Å². The van der Waals surface area contributed by atoms with E-state index in [0.717, 1.165) is 11.8 Å². The number of benzene rings is 1. The Hall–Kier alpha value is -1.82. The lowest BCUT2D eigenvalue weighted by molar-refractivity contribution is 0.0956. The highest BCUT2D eigenvalue weighted by atomic mass is 32.2. The molecule has 0 aromatic heterocycles. The summed E-state index contributed by atoms with van der Waals surface area (Å²) in [5.41, 5.74) is 0.974. The van der Waals surface area contributed by atoms with Crippen LogP contribution >= 0.6 is 0 Å². The third-order valence-electron chi connectivity index (χ3n) is 2.03. The van der Waals surface area contributed by atoms with Gasteiger partial charge in [-0.3, -0.25) is 4.79 Å². The predicted octanol–water partition coefficient (Wildman–Crippen LogP) is 2.28. The fourth-order valence-corrected chi connectivity index (χ4v) is 1.77. The molecule has 0 radical (unpaired) electrons. The van der Waals surface area contributed by atoms with Crippen molar-refractivity contribution in [3.05, 3.63) is 42.0 Å². The van der Waals surface area contributed by atoms with Gasteiger partial charge in [-0.25, -0.2) is 0 Å². The molecule has 1 N–H and O–H groups in total. The van der Waals surface area contributed by atoms with Crippen molar-refractivity contribution in [1.29, 1.82) is 0 Å². The highest BCUT2D eigenvalue weighted by Crippen LogP contribution is 2.21. The van der Waals surface area contributed by atoms with E-state index in [0.29, 0.717) is 6.54 Å². The van der Waals surface area contributed by atoms with Gasteiger partial charge in [0.05, 0.1) is 11.8 Å². The highest BCUT2D eigenvalue weighted by molar-refractivity contribution is 7.86. The molecule has 1 aromatic carbocycles.